The van der Waals surface area contributed by atoms with Crippen LogP contribution in [0.15, 0.2) is 63.5 Å². The summed E-state index contributed by atoms with van der Waals surface area (Å²) >= 11 is 4.86. The number of fused-ring (bicyclic) bond motifs is 1. The molecule has 0 aliphatic carbocycles. The molecule has 0 saturated carbocycles. The lowest BCUT2D eigenvalue weighted by molar-refractivity contribution is -0.117. The first kappa shape index (κ1) is 16.1. The number of carbonyl (C=O) groups is 1. The second-order valence-corrected chi connectivity index (χ2v) is 7.30. The van der Waals surface area contributed by atoms with Crippen LogP contribution in [-0.4, -0.2) is 16.6 Å². The number of pyridine rings is 1. The number of thiophene rings is 1. The van der Waals surface area contributed by atoms with Gasteiger partial charge >= 0.3 is 0 Å². The molecule has 0 spiro atoms. The number of anilines is 1. The molecule has 4 nitrogen and oxygen atoms in total. The van der Waals surface area contributed by atoms with Gasteiger partial charge < -0.3 is 5.32 Å². The van der Waals surface area contributed by atoms with Gasteiger partial charge in [0, 0.05) is 32.1 Å². The van der Waals surface area contributed by atoms with Crippen molar-refractivity contribution in [2.24, 2.45) is 4.99 Å². The second-order valence-electron chi connectivity index (χ2n) is 5.44. The Kier molecular flexibility index (Phi) is 4.19. The Morgan fingerprint density at radius 3 is 2.72 bits per heavy atom. The molecule has 4 rings (SSSR count). The van der Waals surface area contributed by atoms with Crippen LogP contribution < -0.4 is 5.32 Å². The molecule has 124 valence electrons. The first-order chi connectivity index (χ1) is 12.1. The van der Waals surface area contributed by atoms with E-state index in [4.69, 9.17) is 4.99 Å². The highest BCUT2D eigenvalue weighted by atomic mass is 79.9. The molecule has 3 heterocycles. The Bertz CT molecular complexity index is 984. The van der Waals surface area contributed by atoms with E-state index >= 15 is 0 Å². The van der Waals surface area contributed by atoms with Gasteiger partial charge in [0.15, 0.2) is 6.04 Å². The predicted molar refractivity (Wildman–Crippen MR) is 99.7 cm³/mol. The zero-order valence-corrected chi connectivity index (χ0v) is 15.1. The van der Waals surface area contributed by atoms with Crippen LogP contribution in [-0.2, 0) is 4.79 Å². The summed E-state index contributed by atoms with van der Waals surface area (Å²) in [6, 6.07) is 10.9. The van der Waals surface area contributed by atoms with Gasteiger partial charge in [-0.15, -0.1) is 11.3 Å². The molecule has 1 amide bonds. The Morgan fingerprint density at radius 2 is 2.00 bits per heavy atom. The molecule has 7 heteroatoms. The van der Waals surface area contributed by atoms with Crippen LogP contribution in [0.4, 0.5) is 10.2 Å². The summed E-state index contributed by atoms with van der Waals surface area (Å²) in [5.74, 6) is -0.113. The molecule has 0 bridgehead atoms. The van der Waals surface area contributed by atoms with Gasteiger partial charge in [0.25, 0.3) is 5.91 Å². The molecule has 1 aromatic carbocycles. The molecule has 0 saturated heterocycles. The zero-order chi connectivity index (χ0) is 17.4. The molecule has 1 aliphatic rings. The number of aromatic nitrogens is 1. The molecule has 1 atom stereocenters. The molecule has 0 radical (unpaired) electrons. The number of halogens is 2. The highest BCUT2D eigenvalue weighted by molar-refractivity contribution is 9.10. The normalized spacial score (nSPS) is 16.6. The summed E-state index contributed by atoms with van der Waals surface area (Å²) in [5, 5.41) is 4.75. The Morgan fingerprint density at radius 1 is 1.20 bits per heavy atom. The van der Waals surface area contributed by atoms with Crippen molar-refractivity contribution in [2.45, 2.75) is 6.04 Å². The van der Waals surface area contributed by atoms with Gasteiger partial charge in [-0.25, -0.2) is 9.37 Å². The van der Waals surface area contributed by atoms with Crippen molar-refractivity contribution < 1.29 is 9.18 Å². The van der Waals surface area contributed by atoms with Crippen LogP contribution in [0.25, 0.3) is 0 Å². The number of nitrogens with zero attached hydrogens (tertiary/aromatic N) is 2. The third-order valence-electron chi connectivity index (χ3n) is 3.79. The quantitative estimate of drug-likeness (QED) is 0.665. The van der Waals surface area contributed by atoms with Crippen LogP contribution in [0.2, 0.25) is 0 Å². The van der Waals surface area contributed by atoms with E-state index in [0.717, 1.165) is 14.9 Å². The number of benzene rings is 1. The standard InChI is InChI=1S/C18H11BrFN3OS/c19-11-8-14(25-9-11)16-18(24)23-17-13(2-1-7-21-17)15(22-16)10-3-5-12(20)6-4-10/h1-9,16H,(H,21,23,24). The van der Waals surface area contributed by atoms with Crippen LogP contribution in [0, 0.1) is 5.82 Å². The van der Waals surface area contributed by atoms with Gasteiger partial charge in [0.2, 0.25) is 0 Å². The number of hydrogen-bond acceptors (Lipinski definition) is 4. The average Bonchev–Trinajstić information content (AvgIpc) is 2.97. The van der Waals surface area contributed by atoms with Crippen molar-refractivity contribution in [1.82, 2.24) is 4.98 Å². The van der Waals surface area contributed by atoms with E-state index in [2.05, 4.69) is 26.2 Å². The minimum absolute atomic E-state index is 0.244. The van der Waals surface area contributed by atoms with Gasteiger partial charge in [-0.3, -0.25) is 9.79 Å². The molecule has 3 aromatic rings. The lowest BCUT2D eigenvalue weighted by Gasteiger charge is -2.09. The van der Waals surface area contributed by atoms with E-state index in [1.165, 1.54) is 23.5 Å². The van der Waals surface area contributed by atoms with Gasteiger partial charge in [0.1, 0.15) is 11.6 Å². The number of nitrogens with one attached hydrogen (secondary N) is 1. The largest absolute Gasteiger partial charge is 0.308 e. The van der Waals surface area contributed by atoms with Gasteiger partial charge in [-0.05, 0) is 58.4 Å². The molecule has 1 aliphatic heterocycles. The summed E-state index contributed by atoms with van der Waals surface area (Å²) < 4.78 is 14.2. The highest BCUT2D eigenvalue weighted by Crippen LogP contribution is 2.33. The number of amides is 1. The van der Waals surface area contributed by atoms with E-state index in [1.807, 2.05) is 17.5 Å². The first-order valence-corrected chi connectivity index (χ1v) is 9.13. The molecule has 2 aromatic heterocycles. The van der Waals surface area contributed by atoms with E-state index in [1.54, 1.807) is 24.4 Å². The maximum atomic E-state index is 13.3. The van der Waals surface area contributed by atoms with Crippen LogP contribution in [0.3, 0.4) is 0 Å². The fourth-order valence-corrected chi connectivity index (χ4v) is 4.12. The molecule has 25 heavy (non-hydrogen) atoms. The maximum Gasteiger partial charge on any atom is 0.255 e. The smallest absolute Gasteiger partial charge is 0.255 e. The first-order valence-electron chi connectivity index (χ1n) is 7.46. The van der Waals surface area contributed by atoms with Crippen LogP contribution in [0.1, 0.15) is 22.0 Å². The lowest BCUT2D eigenvalue weighted by Crippen LogP contribution is -2.18. The summed E-state index contributed by atoms with van der Waals surface area (Å²) in [6.07, 6.45) is 1.61. The molecule has 1 unspecified atom stereocenters. The van der Waals surface area contributed by atoms with E-state index in [0.29, 0.717) is 17.1 Å². The van der Waals surface area contributed by atoms with Crippen LogP contribution in [0.5, 0.6) is 0 Å². The van der Waals surface area contributed by atoms with E-state index in [-0.39, 0.29) is 11.7 Å². The monoisotopic (exact) mass is 415 g/mol. The molecule has 0 fully saturated rings. The lowest BCUT2D eigenvalue weighted by atomic mass is 10.0. The molecular weight excluding hydrogens is 405 g/mol. The second kappa shape index (κ2) is 6.50. The zero-order valence-electron chi connectivity index (χ0n) is 12.7. The minimum atomic E-state index is -0.689. The summed E-state index contributed by atoms with van der Waals surface area (Å²) in [6.45, 7) is 0. The number of rotatable bonds is 2. The SMILES string of the molecule is O=C1Nc2ncccc2C(c2ccc(F)cc2)=NC1c1cc(Br)cs1. The van der Waals surface area contributed by atoms with Crippen LogP contribution >= 0.6 is 27.3 Å². The van der Waals surface area contributed by atoms with Crippen molar-refractivity contribution in [3.05, 3.63) is 80.3 Å². The Hall–Kier alpha value is -2.38. The van der Waals surface area contributed by atoms with E-state index < -0.39 is 6.04 Å². The van der Waals surface area contributed by atoms with Crippen molar-refractivity contribution in [1.29, 1.82) is 0 Å². The average molecular weight is 416 g/mol. The number of carbonyl (C=O) groups excluding carboxylic acids is 1. The van der Waals surface area contributed by atoms with Gasteiger partial charge in [-0.1, -0.05) is 0 Å². The minimum Gasteiger partial charge on any atom is -0.308 e. The van der Waals surface area contributed by atoms with Crippen molar-refractivity contribution in [3.8, 4) is 0 Å². The topological polar surface area (TPSA) is 54.4 Å². The fourth-order valence-electron chi connectivity index (χ4n) is 2.64. The van der Waals surface area contributed by atoms with E-state index in [9.17, 15) is 9.18 Å². The number of hydrogen-bond donors (Lipinski definition) is 1. The Balaban J connectivity index is 1.91. The summed E-state index contributed by atoms with van der Waals surface area (Å²) in [5.41, 5.74) is 2.05. The highest BCUT2D eigenvalue weighted by Gasteiger charge is 2.28. The molecule has 1 N–H and O–H groups in total. The fraction of sp³-hybridized carbons (Fsp3) is 0.0556. The number of aliphatic imine (C=N–C) groups is 1. The van der Waals surface area contributed by atoms with Crippen molar-refractivity contribution in [3.63, 3.8) is 0 Å². The molecular formula is C18H11BrFN3OS. The van der Waals surface area contributed by atoms with Crippen molar-refractivity contribution in [2.75, 3.05) is 5.32 Å². The Labute approximate surface area is 155 Å². The third-order valence-corrected chi connectivity index (χ3v) is 5.53. The summed E-state index contributed by atoms with van der Waals surface area (Å²) in [7, 11) is 0. The summed E-state index contributed by atoms with van der Waals surface area (Å²) in [4.78, 5) is 22.5. The van der Waals surface area contributed by atoms with Gasteiger partial charge in [0.05, 0.1) is 5.71 Å². The third kappa shape index (κ3) is 3.12. The van der Waals surface area contributed by atoms with Gasteiger partial charge in [-0.2, -0.15) is 0 Å². The maximum absolute atomic E-state index is 13.3. The predicted octanol–water partition coefficient (Wildman–Crippen LogP) is 4.58. The van der Waals surface area contributed by atoms with Crippen molar-refractivity contribution >= 4 is 44.7 Å².